The average molecular weight is 358 g/mol. The van der Waals surface area contributed by atoms with Crippen molar-refractivity contribution in [3.05, 3.63) is 47.5 Å². The first-order chi connectivity index (χ1) is 12.4. The van der Waals surface area contributed by atoms with Crippen molar-refractivity contribution in [1.29, 1.82) is 0 Å². The molecule has 0 amide bonds. The van der Waals surface area contributed by atoms with E-state index >= 15 is 0 Å². The Balaban J connectivity index is 1.97. The molecular weight excluding hydrogens is 328 g/mol. The van der Waals surface area contributed by atoms with Gasteiger partial charge in [0.25, 0.3) is 0 Å². The van der Waals surface area contributed by atoms with Gasteiger partial charge in [-0.3, -0.25) is 9.59 Å². The lowest BCUT2D eigenvalue weighted by Gasteiger charge is -2.37. The summed E-state index contributed by atoms with van der Waals surface area (Å²) in [6.45, 7) is 5.47. The molecule has 1 heterocycles. The van der Waals surface area contributed by atoms with Crippen LogP contribution < -0.4 is 0 Å². The maximum Gasteiger partial charge on any atom is 0.188 e. The van der Waals surface area contributed by atoms with Gasteiger partial charge in [0.05, 0.1) is 6.26 Å². The van der Waals surface area contributed by atoms with Gasteiger partial charge in [0, 0.05) is 17.9 Å². The molecule has 26 heavy (non-hydrogen) atoms. The van der Waals surface area contributed by atoms with Gasteiger partial charge >= 0.3 is 0 Å². The summed E-state index contributed by atoms with van der Waals surface area (Å²) in [6, 6.07) is 0. The largest absolute Gasteiger partial charge is 0.469 e. The molecule has 0 saturated heterocycles. The van der Waals surface area contributed by atoms with Crippen LogP contribution in [0.4, 0.5) is 0 Å². The molecule has 0 aromatic carbocycles. The lowest BCUT2D eigenvalue weighted by atomic mass is 9.70. The molecule has 0 radical (unpaired) electrons. The third-order valence-electron chi connectivity index (χ3n) is 5.09. The maximum absolute atomic E-state index is 12.4. The standard InChI is InChI=1S/C22H30O4/c1-4-5-6-7-8-9-10-11-18(23)14-20-19-15-26-16(2)12-17(19)13-21(24)22(20,3)25/h10-13,15,20,25H,4-9,14H2,1-3H3/b11-10+/t20-,22-/m1/s1. The average Bonchev–Trinajstić information content (AvgIpc) is 2.58. The number of allylic oxidation sites excluding steroid dienone is 5. The minimum absolute atomic E-state index is 0.0786. The van der Waals surface area contributed by atoms with Gasteiger partial charge in [-0.05, 0) is 50.5 Å². The number of carbonyl (C=O) groups excluding carboxylic acids is 2. The molecule has 142 valence electrons. The minimum Gasteiger partial charge on any atom is -0.469 e. The Morgan fingerprint density at radius 2 is 2.00 bits per heavy atom. The molecule has 2 atom stereocenters. The summed E-state index contributed by atoms with van der Waals surface area (Å²) in [5, 5.41) is 10.7. The van der Waals surface area contributed by atoms with Crippen molar-refractivity contribution < 1.29 is 19.4 Å². The van der Waals surface area contributed by atoms with Gasteiger partial charge in [-0.25, -0.2) is 0 Å². The van der Waals surface area contributed by atoms with E-state index in [9.17, 15) is 14.7 Å². The van der Waals surface area contributed by atoms with Gasteiger partial charge in [0.2, 0.25) is 0 Å². The number of fused-ring (bicyclic) bond motifs is 1. The predicted molar refractivity (Wildman–Crippen MR) is 102 cm³/mol. The molecule has 2 aliphatic rings. The van der Waals surface area contributed by atoms with Gasteiger partial charge in [-0.2, -0.15) is 0 Å². The molecule has 0 saturated carbocycles. The van der Waals surface area contributed by atoms with Gasteiger partial charge in [0.15, 0.2) is 11.6 Å². The van der Waals surface area contributed by atoms with Crippen LogP contribution in [-0.4, -0.2) is 22.3 Å². The van der Waals surface area contributed by atoms with Crippen molar-refractivity contribution >= 4 is 11.6 Å². The molecule has 1 N–H and O–H groups in total. The predicted octanol–water partition coefficient (Wildman–Crippen LogP) is 4.56. The van der Waals surface area contributed by atoms with Crippen LogP contribution in [0.3, 0.4) is 0 Å². The van der Waals surface area contributed by atoms with Gasteiger partial charge in [-0.1, -0.05) is 38.7 Å². The van der Waals surface area contributed by atoms with Crippen molar-refractivity contribution in [1.82, 2.24) is 0 Å². The molecule has 0 fully saturated rings. The monoisotopic (exact) mass is 358 g/mol. The van der Waals surface area contributed by atoms with E-state index in [1.807, 2.05) is 6.08 Å². The highest BCUT2D eigenvalue weighted by Crippen LogP contribution is 2.40. The number of hydrogen-bond donors (Lipinski definition) is 1. The van der Waals surface area contributed by atoms with E-state index in [1.165, 1.54) is 38.7 Å². The molecule has 1 aliphatic heterocycles. The first kappa shape index (κ1) is 20.4. The summed E-state index contributed by atoms with van der Waals surface area (Å²) < 4.78 is 5.44. The number of unbranched alkanes of at least 4 members (excludes halogenated alkanes) is 5. The molecule has 0 spiro atoms. The van der Waals surface area contributed by atoms with Gasteiger partial charge in [0.1, 0.15) is 11.4 Å². The Labute approximate surface area is 156 Å². The second-order valence-corrected chi connectivity index (χ2v) is 7.39. The van der Waals surface area contributed by atoms with E-state index < -0.39 is 11.5 Å². The first-order valence-corrected chi connectivity index (χ1v) is 9.59. The highest BCUT2D eigenvalue weighted by Gasteiger charge is 2.45. The normalized spacial score (nSPS) is 25.3. The van der Waals surface area contributed by atoms with Crippen LogP contribution in [0.1, 0.15) is 65.7 Å². The van der Waals surface area contributed by atoms with Crippen LogP contribution in [0.2, 0.25) is 0 Å². The van der Waals surface area contributed by atoms with Crippen molar-refractivity contribution in [3.63, 3.8) is 0 Å². The summed E-state index contributed by atoms with van der Waals surface area (Å²) >= 11 is 0. The number of ketones is 2. The number of rotatable bonds is 9. The third kappa shape index (κ3) is 5.04. The summed E-state index contributed by atoms with van der Waals surface area (Å²) in [6.07, 6.45) is 15.2. The fraction of sp³-hybridized carbons (Fsp3) is 0.545. The molecule has 4 nitrogen and oxygen atoms in total. The van der Waals surface area contributed by atoms with Crippen LogP contribution in [0, 0.1) is 5.92 Å². The Kier molecular flexibility index (Phi) is 7.15. The molecule has 0 bridgehead atoms. The third-order valence-corrected chi connectivity index (χ3v) is 5.09. The van der Waals surface area contributed by atoms with Crippen LogP contribution in [-0.2, 0) is 14.3 Å². The van der Waals surface area contributed by atoms with Crippen molar-refractivity contribution in [2.45, 2.75) is 71.3 Å². The summed E-state index contributed by atoms with van der Waals surface area (Å²) in [4.78, 5) is 24.7. The van der Waals surface area contributed by atoms with Crippen LogP contribution in [0.15, 0.2) is 47.5 Å². The van der Waals surface area contributed by atoms with E-state index in [1.54, 1.807) is 25.3 Å². The lowest BCUT2D eigenvalue weighted by Crippen LogP contribution is -2.47. The highest BCUT2D eigenvalue weighted by molar-refractivity contribution is 6.02. The van der Waals surface area contributed by atoms with Gasteiger partial charge < -0.3 is 9.84 Å². The fourth-order valence-corrected chi connectivity index (χ4v) is 3.39. The van der Waals surface area contributed by atoms with E-state index in [-0.39, 0.29) is 18.0 Å². The SMILES string of the molecule is CCCCCCC/C=C/C(=O)C[C@@H]1C2=COC(C)=CC2=CC(=O)[C@]1(C)O. The zero-order chi connectivity index (χ0) is 19.2. The Hall–Kier alpha value is -1.94. The van der Waals surface area contributed by atoms with Crippen molar-refractivity contribution in [2.24, 2.45) is 5.92 Å². The number of carbonyl (C=O) groups is 2. The van der Waals surface area contributed by atoms with Crippen LogP contribution in [0.5, 0.6) is 0 Å². The van der Waals surface area contributed by atoms with Gasteiger partial charge in [-0.15, -0.1) is 0 Å². The molecule has 0 unspecified atom stereocenters. The Morgan fingerprint density at radius 1 is 1.27 bits per heavy atom. The number of ether oxygens (including phenoxy) is 1. The van der Waals surface area contributed by atoms with Crippen LogP contribution >= 0.6 is 0 Å². The maximum atomic E-state index is 12.4. The summed E-state index contributed by atoms with van der Waals surface area (Å²) in [5.74, 6) is -0.359. The smallest absolute Gasteiger partial charge is 0.188 e. The summed E-state index contributed by atoms with van der Waals surface area (Å²) in [5.41, 5.74) is -0.161. The Morgan fingerprint density at radius 3 is 2.73 bits per heavy atom. The second kappa shape index (κ2) is 9.13. The zero-order valence-corrected chi connectivity index (χ0v) is 16.1. The highest BCUT2D eigenvalue weighted by atomic mass is 16.5. The minimum atomic E-state index is -1.60. The first-order valence-electron chi connectivity index (χ1n) is 9.59. The van der Waals surface area contributed by atoms with E-state index in [4.69, 9.17) is 4.74 Å². The molecular formula is C22H30O4. The molecule has 1 aliphatic carbocycles. The van der Waals surface area contributed by atoms with Crippen molar-refractivity contribution in [2.75, 3.05) is 0 Å². The van der Waals surface area contributed by atoms with E-state index in [0.717, 1.165) is 18.4 Å². The van der Waals surface area contributed by atoms with E-state index in [2.05, 4.69) is 6.92 Å². The molecule has 2 rings (SSSR count). The number of aliphatic hydroxyl groups is 1. The quantitative estimate of drug-likeness (QED) is 0.485. The summed E-state index contributed by atoms with van der Waals surface area (Å²) in [7, 11) is 0. The second-order valence-electron chi connectivity index (χ2n) is 7.39. The molecule has 4 heteroatoms. The topological polar surface area (TPSA) is 63.6 Å². The molecule has 0 aromatic rings. The fourth-order valence-electron chi connectivity index (χ4n) is 3.39. The van der Waals surface area contributed by atoms with Crippen molar-refractivity contribution in [3.8, 4) is 0 Å². The number of hydrogen-bond acceptors (Lipinski definition) is 4. The zero-order valence-electron chi connectivity index (χ0n) is 16.1. The van der Waals surface area contributed by atoms with E-state index in [0.29, 0.717) is 11.3 Å². The van der Waals surface area contributed by atoms with Crippen LogP contribution in [0.25, 0.3) is 0 Å². The molecule has 0 aromatic heterocycles. The Bertz CT molecular complexity index is 662. The lowest BCUT2D eigenvalue weighted by molar-refractivity contribution is -0.136.